The van der Waals surface area contributed by atoms with Gasteiger partial charge in [-0.15, -0.1) is 0 Å². The quantitative estimate of drug-likeness (QED) is 0.222. The molecule has 0 fully saturated rings. The Bertz CT molecular complexity index is 583. The molecule has 7 heteroatoms. The molecule has 0 saturated heterocycles. The van der Waals surface area contributed by atoms with Gasteiger partial charge in [0.25, 0.3) is 0 Å². The number of aliphatic hydroxyl groups excluding tert-OH is 1. The molecule has 0 aliphatic heterocycles. The molecular formula is C14H14O7. The fraction of sp³-hybridized carbons (Fsp3) is 0.214. The van der Waals surface area contributed by atoms with E-state index in [1.807, 2.05) is 0 Å². The molecule has 1 N–H and O–H groups in total. The van der Waals surface area contributed by atoms with Crippen molar-refractivity contribution in [3.05, 3.63) is 35.4 Å². The van der Waals surface area contributed by atoms with E-state index in [1.54, 1.807) is 6.07 Å². The summed E-state index contributed by atoms with van der Waals surface area (Å²) in [5.41, 5.74) is -0.710. The zero-order chi connectivity index (χ0) is 16.0. The van der Waals surface area contributed by atoms with Gasteiger partial charge in [0.05, 0.1) is 19.8 Å². The predicted molar refractivity (Wildman–Crippen MR) is 71.3 cm³/mol. The van der Waals surface area contributed by atoms with Crippen LogP contribution < -0.4 is 4.74 Å². The third kappa shape index (κ3) is 3.82. The highest BCUT2D eigenvalue weighted by Gasteiger charge is 2.27. The molecule has 1 rings (SSSR count). The van der Waals surface area contributed by atoms with E-state index in [4.69, 9.17) is 4.74 Å². The molecule has 112 valence electrons. The number of ether oxygens (including phenoxy) is 3. The van der Waals surface area contributed by atoms with Crippen LogP contribution in [0.25, 0.3) is 5.76 Å². The molecule has 0 aliphatic carbocycles. The van der Waals surface area contributed by atoms with Gasteiger partial charge < -0.3 is 19.3 Å². The molecule has 0 atom stereocenters. The van der Waals surface area contributed by atoms with Crippen molar-refractivity contribution in [2.75, 3.05) is 14.2 Å². The lowest BCUT2D eigenvalue weighted by Crippen LogP contribution is -2.18. The number of esters is 3. The summed E-state index contributed by atoms with van der Waals surface area (Å²) in [7, 11) is 2.10. The second kappa shape index (κ2) is 7.09. The highest BCUT2D eigenvalue weighted by atomic mass is 16.5. The van der Waals surface area contributed by atoms with Crippen LogP contribution in [0.3, 0.4) is 0 Å². The van der Waals surface area contributed by atoms with Crippen LogP contribution in [0.5, 0.6) is 5.75 Å². The lowest BCUT2D eigenvalue weighted by molar-refractivity contribution is -0.144. The largest absolute Gasteiger partial charge is 0.506 e. The number of hydrogen-bond donors (Lipinski definition) is 1. The molecule has 0 bridgehead atoms. The van der Waals surface area contributed by atoms with Crippen LogP contribution in [0.2, 0.25) is 0 Å². The van der Waals surface area contributed by atoms with Crippen molar-refractivity contribution >= 4 is 23.7 Å². The SMILES string of the molecule is COC(=O)C(C(=O)OC)=C(O)c1ccccc1OC(C)=O. The normalized spacial score (nSPS) is 9.48. The van der Waals surface area contributed by atoms with Crippen molar-refractivity contribution in [2.45, 2.75) is 6.92 Å². The number of rotatable bonds is 4. The highest BCUT2D eigenvalue weighted by molar-refractivity contribution is 6.19. The summed E-state index contributed by atoms with van der Waals surface area (Å²) in [5, 5.41) is 10.2. The first-order valence-electron chi connectivity index (χ1n) is 5.80. The van der Waals surface area contributed by atoms with E-state index in [1.165, 1.54) is 25.1 Å². The molecule has 0 aromatic heterocycles. The van der Waals surface area contributed by atoms with Gasteiger partial charge in [-0.25, -0.2) is 9.59 Å². The summed E-state index contributed by atoms with van der Waals surface area (Å²) in [6.45, 7) is 1.18. The first kappa shape index (κ1) is 16.2. The third-order valence-corrected chi connectivity index (χ3v) is 2.41. The van der Waals surface area contributed by atoms with Gasteiger partial charge in [-0.3, -0.25) is 4.79 Å². The monoisotopic (exact) mass is 294 g/mol. The molecule has 0 heterocycles. The van der Waals surface area contributed by atoms with Crippen LogP contribution >= 0.6 is 0 Å². The fourth-order valence-electron chi connectivity index (χ4n) is 1.52. The van der Waals surface area contributed by atoms with E-state index in [0.717, 1.165) is 14.2 Å². The van der Waals surface area contributed by atoms with Crippen molar-refractivity contribution in [3.63, 3.8) is 0 Å². The standard InChI is InChI=1S/C14H14O7/c1-8(15)21-10-7-5-4-6-9(10)12(16)11(13(17)19-2)14(18)20-3/h4-7,16H,1-3H3. The fourth-order valence-corrected chi connectivity index (χ4v) is 1.52. The van der Waals surface area contributed by atoms with Gasteiger partial charge in [0.2, 0.25) is 0 Å². The minimum absolute atomic E-state index is 0.00666. The van der Waals surface area contributed by atoms with Crippen LogP contribution in [0.4, 0.5) is 0 Å². The van der Waals surface area contributed by atoms with Gasteiger partial charge in [0.15, 0.2) is 5.57 Å². The summed E-state index contributed by atoms with van der Waals surface area (Å²) in [5.74, 6) is -3.47. The third-order valence-electron chi connectivity index (χ3n) is 2.41. The van der Waals surface area contributed by atoms with Crippen molar-refractivity contribution in [1.82, 2.24) is 0 Å². The molecule has 1 aromatic carbocycles. The van der Waals surface area contributed by atoms with Crippen LogP contribution in [0, 0.1) is 0 Å². The van der Waals surface area contributed by atoms with Gasteiger partial charge >= 0.3 is 17.9 Å². The Kier molecular flexibility index (Phi) is 5.48. The predicted octanol–water partition coefficient (Wildman–Crippen LogP) is 1.23. The van der Waals surface area contributed by atoms with E-state index < -0.39 is 29.2 Å². The number of methoxy groups -OCH3 is 2. The number of carbonyl (C=O) groups excluding carboxylic acids is 3. The zero-order valence-electron chi connectivity index (χ0n) is 11.7. The number of para-hydroxylation sites is 1. The van der Waals surface area contributed by atoms with Crippen LogP contribution in [-0.4, -0.2) is 37.2 Å². The van der Waals surface area contributed by atoms with Crippen molar-refractivity contribution in [2.24, 2.45) is 0 Å². The minimum atomic E-state index is -1.07. The Morgan fingerprint density at radius 1 is 1.00 bits per heavy atom. The number of benzene rings is 1. The summed E-state index contributed by atoms with van der Waals surface area (Å²) < 4.78 is 13.8. The average molecular weight is 294 g/mol. The molecule has 1 aromatic rings. The summed E-state index contributed by atoms with van der Waals surface area (Å²) in [6.07, 6.45) is 0. The molecular weight excluding hydrogens is 280 g/mol. The van der Waals surface area contributed by atoms with Gasteiger partial charge in [-0.05, 0) is 12.1 Å². The lowest BCUT2D eigenvalue weighted by atomic mass is 10.1. The number of hydrogen-bond acceptors (Lipinski definition) is 7. The molecule has 0 radical (unpaired) electrons. The minimum Gasteiger partial charge on any atom is -0.506 e. The Labute approximate surface area is 120 Å². The van der Waals surface area contributed by atoms with Gasteiger partial charge in [0, 0.05) is 6.92 Å². The van der Waals surface area contributed by atoms with Crippen molar-refractivity contribution < 1.29 is 33.7 Å². The maximum Gasteiger partial charge on any atom is 0.349 e. The van der Waals surface area contributed by atoms with Crippen molar-refractivity contribution in [1.29, 1.82) is 0 Å². The molecule has 21 heavy (non-hydrogen) atoms. The van der Waals surface area contributed by atoms with E-state index in [0.29, 0.717) is 0 Å². The zero-order valence-corrected chi connectivity index (χ0v) is 11.7. The first-order chi connectivity index (χ1) is 9.92. The van der Waals surface area contributed by atoms with Gasteiger partial charge in [-0.2, -0.15) is 0 Å². The smallest absolute Gasteiger partial charge is 0.349 e. The molecule has 0 spiro atoms. The van der Waals surface area contributed by atoms with Crippen LogP contribution in [-0.2, 0) is 23.9 Å². The summed E-state index contributed by atoms with van der Waals surface area (Å²) >= 11 is 0. The summed E-state index contributed by atoms with van der Waals surface area (Å²) in [4.78, 5) is 34.3. The summed E-state index contributed by atoms with van der Waals surface area (Å²) in [6, 6.07) is 5.87. The molecule has 0 amide bonds. The van der Waals surface area contributed by atoms with Crippen LogP contribution in [0.15, 0.2) is 29.8 Å². The van der Waals surface area contributed by atoms with E-state index in [-0.39, 0.29) is 11.3 Å². The molecule has 0 unspecified atom stereocenters. The maximum atomic E-state index is 11.6. The molecule has 0 saturated carbocycles. The number of carbonyl (C=O) groups is 3. The van der Waals surface area contributed by atoms with Gasteiger partial charge in [-0.1, -0.05) is 12.1 Å². The van der Waals surface area contributed by atoms with Crippen LogP contribution in [0.1, 0.15) is 12.5 Å². The van der Waals surface area contributed by atoms with Gasteiger partial charge in [0.1, 0.15) is 11.5 Å². The lowest BCUT2D eigenvalue weighted by Gasteiger charge is -2.11. The van der Waals surface area contributed by atoms with Crippen molar-refractivity contribution in [3.8, 4) is 5.75 Å². The maximum absolute atomic E-state index is 11.6. The molecule has 0 aliphatic rings. The Balaban J connectivity index is 3.46. The first-order valence-corrected chi connectivity index (χ1v) is 5.80. The Hall–Kier alpha value is -2.83. The average Bonchev–Trinajstić information content (AvgIpc) is 2.46. The topological polar surface area (TPSA) is 99.1 Å². The highest BCUT2D eigenvalue weighted by Crippen LogP contribution is 2.27. The van der Waals surface area contributed by atoms with E-state index >= 15 is 0 Å². The second-order valence-electron chi connectivity index (χ2n) is 3.80. The molecule has 7 nitrogen and oxygen atoms in total. The second-order valence-corrected chi connectivity index (χ2v) is 3.80. The Morgan fingerprint density at radius 3 is 2.00 bits per heavy atom. The number of aliphatic hydroxyl groups is 1. The van der Waals surface area contributed by atoms with E-state index in [9.17, 15) is 19.5 Å². The Morgan fingerprint density at radius 2 is 1.52 bits per heavy atom. The van der Waals surface area contributed by atoms with E-state index in [2.05, 4.69) is 9.47 Å².